The zero-order valence-electron chi connectivity index (χ0n) is 18.2. The number of nitrogens with zero attached hydrogens (tertiary/aromatic N) is 6. The van der Waals surface area contributed by atoms with Gasteiger partial charge in [-0.25, -0.2) is 4.98 Å². The van der Waals surface area contributed by atoms with Gasteiger partial charge in [0.1, 0.15) is 16.5 Å². The van der Waals surface area contributed by atoms with Gasteiger partial charge >= 0.3 is 6.18 Å². The zero-order valence-corrected chi connectivity index (χ0v) is 19.0. The van der Waals surface area contributed by atoms with E-state index in [9.17, 15) is 13.2 Å². The summed E-state index contributed by atoms with van der Waals surface area (Å²) in [4.78, 5) is 18.7. The molecule has 32 heavy (non-hydrogen) atoms. The fourth-order valence-corrected chi connectivity index (χ4v) is 5.10. The van der Waals surface area contributed by atoms with Gasteiger partial charge in [0.05, 0.1) is 11.9 Å². The number of amidine groups is 2. The van der Waals surface area contributed by atoms with E-state index >= 15 is 0 Å². The molecule has 0 atom stereocenters. The van der Waals surface area contributed by atoms with Crippen LogP contribution in [0, 0.1) is 10.8 Å². The molecule has 4 heterocycles. The number of aromatic nitrogens is 2. The second-order valence-corrected chi connectivity index (χ2v) is 9.30. The van der Waals surface area contributed by atoms with Crippen LogP contribution < -0.4 is 9.80 Å². The Morgan fingerprint density at radius 3 is 2.41 bits per heavy atom. The van der Waals surface area contributed by atoms with Gasteiger partial charge < -0.3 is 19.6 Å². The summed E-state index contributed by atoms with van der Waals surface area (Å²) in [5.41, 5.74) is 0. The third-order valence-corrected chi connectivity index (χ3v) is 6.88. The second kappa shape index (κ2) is 8.81. The zero-order chi connectivity index (χ0) is 23.0. The summed E-state index contributed by atoms with van der Waals surface area (Å²) < 4.78 is 39.0. The van der Waals surface area contributed by atoms with E-state index in [-0.39, 0.29) is 25.5 Å². The largest absolute Gasteiger partial charge is 0.449 e. The topological polar surface area (TPSA) is 86.4 Å². The Morgan fingerprint density at radius 1 is 1.09 bits per heavy atom. The van der Waals surface area contributed by atoms with Gasteiger partial charge in [0.25, 0.3) is 0 Å². The number of fused-ring (bicyclic) bond motifs is 1. The molecule has 2 aliphatic heterocycles. The lowest BCUT2D eigenvalue weighted by atomic mass is 10.2. The average molecular weight is 469 g/mol. The number of hydrogen-bond donors (Lipinski definition) is 2. The van der Waals surface area contributed by atoms with Crippen molar-refractivity contribution in [1.29, 1.82) is 10.8 Å². The van der Waals surface area contributed by atoms with Crippen LogP contribution in [0.5, 0.6) is 0 Å². The highest BCUT2D eigenvalue weighted by atomic mass is 32.1. The van der Waals surface area contributed by atoms with Crippen molar-refractivity contribution in [3.63, 3.8) is 0 Å². The Balaban J connectivity index is 1.66. The molecular weight excluding hydrogens is 441 g/mol. The fourth-order valence-electron chi connectivity index (χ4n) is 3.99. The van der Waals surface area contributed by atoms with E-state index in [0.29, 0.717) is 11.8 Å². The summed E-state index contributed by atoms with van der Waals surface area (Å²) in [6.45, 7) is 5.67. The predicted molar refractivity (Wildman–Crippen MR) is 122 cm³/mol. The smallest absolute Gasteiger partial charge is 0.347 e. The van der Waals surface area contributed by atoms with E-state index in [2.05, 4.69) is 29.8 Å². The third-order valence-electron chi connectivity index (χ3n) is 5.79. The van der Waals surface area contributed by atoms with Crippen molar-refractivity contribution in [2.45, 2.75) is 25.9 Å². The van der Waals surface area contributed by atoms with E-state index in [1.54, 1.807) is 11.3 Å². The van der Waals surface area contributed by atoms with Crippen molar-refractivity contribution < 1.29 is 13.2 Å². The van der Waals surface area contributed by atoms with Gasteiger partial charge in [-0.3, -0.25) is 10.8 Å². The van der Waals surface area contributed by atoms with Gasteiger partial charge in [0.15, 0.2) is 0 Å². The molecule has 0 aliphatic carbocycles. The van der Waals surface area contributed by atoms with Crippen LogP contribution in [-0.2, 0) is 6.42 Å². The summed E-state index contributed by atoms with van der Waals surface area (Å²) in [7, 11) is 2.08. The summed E-state index contributed by atoms with van der Waals surface area (Å²) in [6, 6.07) is 2.07. The first-order chi connectivity index (χ1) is 15.2. The first-order valence-electron chi connectivity index (χ1n) is 10.7. The first-order valence-corrected chi connectivity index (χ1v) is 11.5. The lowest BCUT2D eigenvalue weighted by Crippen LogP contribution is -2.55. The minimum absolute atomic E-state index is 0.0360. The van der Waals surface area contributed by atoms with E-state index in [4.69, 9.17) is 20.8 Å². The number of likely N-dealkylation sites (N-methyl/N-ethyl adjacent to an activating group) is 1. The highest BCUT2D eigenvalue weighted by Gasteiger charge is 2.41. The fraction of sp³-hybridized carbons (Fsp3) is 0.600. The van der Waals surface area contributed by atoms with Crippen molar-refractivity contribution in [3.8, 4) is 0 Å². The molecule has 8 nitrogen and oxygen atoms in total. The van der Waals surface area contributed by atoms with Gasteiger partial charge in [-0.2, -0.15) is 18.2 Å². The van der Waals surface area contributed by atoms with Crippen molar-refractivity contribution >= 4 is 45.0 Å². The molecule has 4 rings (SSSR count). The molecule has 0 aromatic carbocycles. The molecule has 2 aromatic heterocycles. The number of nitrogens with one attached hydrogen (secondary N) is 2. The number of piperazine rings is 2. The number of rotatable bonds is 4. The maximum atomic E-state index is 13.0. The SMILES string of the molecule is CCCc1cc2c(N3CCN(C(=N)C(F)(F)F)C(=N)C3)nc(N3CCN(C)CC3)nc2s1. The number of halogens is 3. The van der Waals surface area contributed by atoms with Crippen molar-refractivity contribution in [3.05, 3.63) is 10.9 Å². The average Bonchev–Trinajstić information content (AvgIpc) is 3.15. The van der Waals surface area contributed by atoms with Crippen LogP contribution in [0.2, 0.25) is 0 Å². The van der Waals surface area contributed by atoms with E-state index in [1.165, 1.54) is 4.88 Å². The summed E-state index contributed by atoms with van der Waals surface area (Å²) in [6.07, 6.45) is -2.84. The predicted octanol–water partition coefficient (Wildman–Crippen LogP) is 3.03. The quantitative estimate of drug-likeness (QED) is 0.530. The molecule has 2 aromatic rings. The molecule has 0 saturated carbocycles. The number of alkyl halides is 3. The monoisotopic (exact) mass is 468 g/mol. The first kappa shape index (κ1) is 22.7. The van der Waals surface area contributed by atoms with Gasteiger partial charge in [-0.05, 0) is 19.5 Å². The Morgan fingerprint density at radius 2 is 1.78 bits per heavy atom. The molecule has 0 unspecified atom stereocenters. The Kier molecular flexibility index (Phi) is 6.26. The van der Waals surface area contributed by atoms with E-state index in [1.807, 2.05) is 4.90 Å². The number of thiophene rings is 1. The minimum atomic E-state index is -4.77. The molecule has 12 heteroatoms. The van der Waals surface area contributed by atoms with E-state index in [0.717, 1.165) is 54.1 Å². The van der Waals surface area contributed by atoms with Gasteiger partial charge in [0.2, 0.25) is 11.8 Å². The normalized spacial score (nSPS) is 18.7. The van der Waals surface area contributed by atoms with Crippen LogP contribution in [0.15, 0.2) is 6.07 Å². The summed E-state index contributed by atoms with van der Waals surface area (Å²) in [5.74, 6) is -0.461. The molecular formula is C20H27F3N8S. The van der Waals surface area contributed by atoms with Crippen LogP contribution in [0.3, 0.4) is 0 Å². The number of aryl methyl sites for hydroxylation is 1. The molecule has 0 spiro atoms. The number of anilines is 2. The maximum Gasteiger partial charge on any atom is 0.449 e. The maximum absolute atomic E-state index is 13.0. The Labute approximate surface area is 188 Å². The molecule has 2 N–H and O–H groups in total. The van der Waals surface area contributed by atoms with Gasteiger partial charge in [-0.15, -0.1) is 11.3 Å². The highest BCUT2D eigenvalue weighted by Crippen LogP contribution is 2.34. The summed E-state index contributed by atoms with van der Waals surface area (Å²) in [5, 5.41) is 16.5. The highest BCUT2D eigenvalue weighted by molar-refractivity contribution is 7.18. The van der Waals surface area contributed by atoms with Gasteiger partial charge in [-0.1, -0.05) is 13.3 Å². The Bertz CT molecular complexity index is 1010. The molecule has 0 radical (unpaired) electrons. The van der Waals surface area contributed by atoms with Crippen LogP contribution in [0.25, 0.3) is 10.2 Å². The van der Waals surface area contributed by atoms with E-state index < -0.39 is 12.0 Å². The van der Waals surface area contributed by atoms with Crippen LogP contribution in [0.4, 0.5) is 24.9 Å². The molecule has 2 aliphatic rings. The molecule has 174 valence electrons. The van der Waals surface area contributed by atoms with Crippen LogP contribution >= 0.6 is 11.3 Å². The van der Waals surface area contributed by atoms with Gasteiger partial charge in [0, 0.05) is 44.1 Å². The minimum Gasteiger partial charge on any atom is -0.347 e. The van der Waals surface area contributed by atoms with Crippen LogP contribution in [0.1, 0.15) is 18.2 Å². The third kappa shape index (κ3) is 4.51. The standard InChI is InChI=1S/C20H27F3N8S/c1-3-4-13-11-14-16(30-9-10-31(15(24)12-30)18(25)20(21,22)23)26-19(27-17(14)32-13)29-7-5-28(2)6-8-29/h11,24-25H,3-10,12H2,1-2H3. The molecule has 0 bridgehead atoms. The Hall–Kier alpha value is -2.47. The second-order valence-electron chi connectivity index (χ2n) is 8.19. The number of hydrogen-bond acceptors (Lipinski definition) is 8. The molecule has 0 amide bonds. The summed E-state index contributed by atoms with van der Waals surface area (Å²) >= 11 is 1.63. The van der Waals surface area contributed by atoms with Crippen molar-refractivity contribution in [1.82, 2.24) is 19.8 Å². The molecule has 2 saturated heterocycles. The molecule has 2 fully saturated rings. The lowest BCUT2D eigenvalue weighted by Gasteiger charge is -2.38. The van der Waals surface area contributed by atoms with Crippen LogP contribution in [-0.4, -0.2) is 90.5 Å². The lowest BCUT2D eigenvalue weighted by molar-refractivity contribution is -0.0671. The van der Waals surface area contributed by atoms with Crippen molar-refractivity contribution in [2.75, 3.05) is 62.7 Å². The van der Waals surface area contributed by atoms with Crippen molar-refractivity contribution in [2.24, 2.45) is 0 Å².